The second-order valence-electron chi connectivity index (χ2n) is 8.21. The number of carboxylic acid groups (broad SMARTS) is 1. The maximum absolute atomic E-state index is 12.8. The molecule has 1 N–H and O–H groups in total. The first kappa shape index (κ1) is 23.5. The number of pyridine rings is 2. The van der Waals surface area contributed by atoms with Gasteiger partial charge >= 0.3 is 5.97 Å². The first-order chi connectivity index (χ1) is 17.1. The number of aromatic carboxylic acids is 1. The van der Waals surface area contributed by atoms with E-state index in [0.717, 1.165) is 39.0 Å². The van der Waals surface area contributed by atoms with Gasteiger partial charge in [-0.1, -0.05) is 71.8 Å². The van der Waals surface area contributed by atoms with Gasteiger partial charge in [0.05, 0.1) is 5.52 Å². The molecular weight excluding hydrogens is 629 g/mol. The summed E-state index contributed by atoms with van der Waals surface area (Å²) in [6, 6.07) is 27.9. The van der Waals surface area contributed by atoms with Crippen LogP contribution in [0.1, 0.15) is 37.5 Å². The van der Waals surface area contributed by atoms with E-state index >= 15 is 0 Å². The molecule has 1 radical (unpaired) electrons. The van der Waals surface area contributed by atoms with Gasteiger partial charge in [0.2, 0.25) is 0 Å². The zero-order valence-corrected chi connectivity index (χ0v) is 21.1. The van der Waals surface area contributed by atoms with Crippen molar-refractivity contribution in [3.8, 4) is 22.4 Å². The van der Waals surface area contributed by atoms with Gasteiger partial charge in [0.1, 0.15) is 5.69 Å². The Morgan fingerprint density at radius 1 is 0.833 bits per heavy atom. The van der Waals surface area contributed by atoms with Crippen molar-refractivity contribution < 1.29 is 34.8 Å². The quantitative estimate of drug-likeness (QED) is 0.228. The summed E-state index contributed by atoms with van der Waals surface area (Å²) in [5, 5.41) is 9.52. The average Bonchev–Trinajstić information content (AvgIpc) is 3.45. The molecule has 0 saturated carbocycles. The molecule has 3 aromatic carbocycles. The van der Waals surface area contributed by atoms with Gasteiger partial charge in [0.15, 0.2) is 5.78 Å². The number of carboxylic acids is 1. The Labute approximate surface area is 220 Å². The molecule has 0 fully saturated rings. The smallest absolute Gasteiger partial charge is 0.354 e. The predicted molar refractivity (Wildman–Crippen MR) is 135 cm³/mol. The number of carbonyl (C=O) groups is 2. The molecule has 6 heteroatoms. The van der Waals surface area contributed by atoms with Crippen LogP contribution < -0.4 is 0 Å². The monoisotopic (exact) mass is 646 g/mol. The molecular formula is C30H17IrN2O3-. The fraction of sp³-hybridized carbons (Fsp3) is 0. The van der Waals surface area contributed by atoms with Gasteiger partial charge < -0.3 is 5.11 Å². The van der Waals surface area contributed by atoms with E-state index in [2.05, 4.69) is 35.3 Å². The Kier molecular flexibility index (Phi) is 6.15. The Balaban J connectivity index is 0.000000229. The average molecular weight is 646 g/mol. The van der Waals surface area contributed by atoms with Crippen LogP contribution in [0.15, 0.2) is 85.1 Å². The van der Waals surface area contributed by atoms with Crippen LogP contribution in [-0.4, -0.2) is 26.8 Å². The van der Waals surface area contributed by atoms with Crippen molar-refractivity contribution in [1.29, 1.82) is 0 Å². The molecule has 0 amide bonds. The van der Waals surface area contributed by atoms with Gasteiger partial charge in [0.25, 0.3) is 0 Å². The summed E-state index contributed by atoms with van der Waals surface area (Å²) in [4.78, 5) is 31.4. The molecule has 0 unspecified atom stereocenters. The second-order valence-corrected chi connectivity index (χ2v) is 8.21. The SMILES string of the molecule is O=C(O)c1ccccn1.O=C1c2ccccc2-c2c(-c3cc4c5c(cccc5n3)C=C4)[c-]ccc21.[Ir]. The van der Waals surface area contributed by atoms with E-state index in [4.69, 9.17) is 10.1 Å². The maximum Gasteiger partial charge on any atom is 0.354 e. The summed E-state index contributed by atoms with van der Waals surface area (Å²) in [7, 11) is 0. The number of rotatable bonds is 2. The summed E-state index contributed by atoms with van der Waals surface area (Å²) in [5.74, 6) is -0.908. The van der Waals surface area contributed by atoms with Crippen LogP contribution in [0.2, 0.25) is 0 Å². The molecule has 0 bridgehead atoms. The van der Waals surface area contributed by atoms with Gasteiger partial charge in [-0.15, -0.1) is 23.8 Å². The minimum Gasteiger partial charge on any atom is -0.477 e. The minimum absolute atomic E-state index is 0. The van der Waals surface area contributed by atoms with E-state index in [1.165, 1.54) is 28.8 Å². The van der Waals surface area contributed by atoms with E-state index in [9.17, 15) is 9.59 Å². The molecule has 5 nitrogen and oxygen atoms in total. The summed E-state index contributed by atoms with van der Waals surface area (Å²) < 4.78 is 0. The second kappa shape index (κ2) is 9.42. The first-order valence-electron chi connectivity index (χ1n) is 11.1. The largest absolute Gasteiger partial charge is 0.477 e. The van der Waals surface area contributed by atoms with Crippen LogP contribution >= 0.6 is 0 Å². The molecule has 36 heavy (non-hydrogen) atoms. The van der Waals surface area contributed by atoms with Crippen molar-refractivity contribution in [2.75, 3.05) is 0 Å². The molecule has 0 spiro atoms. The van der Waals surface area contributed by atoms with E-state index in [1.807, 2.05) is 48.5 Å². The molecule has 2 aliphatic carbocycles. The summed E-state index contributed by atoms with van der Waals surface area (Å²) in [6.07, 6.45) is 5.70. The molecule has 5 aromatic rings. The normalized spacial score (nSPS) is 11.8. The fourth-order valence-electron chi connectivity index (χ4n) is 4.63. The van der Waals surface area contributed by atoms with Crippen LogP contribution in [0.3, 0.4) is 0 Å². The van der Waals surface area contributed by atoms with Crippen molar-refractivity contribution >= 4 is 34.8 Å². The van der Waals surface area contributed by atoms with Crippen LogP contribution in [0.4, 0.5) is 0 Å². The van der Waals surface area contributed by atoms with Crippen LogP contribution in [0.25, 0.3) is 45.4 Å². The third kappa shape index (κ3) is 3.87. The number of aromatic nitrogens is 2. The summed E-state index contributed by atoms with van der Waals surface area (Å²) >= 11 is 0. The molecule has 0 saturated heterocycles. The molecule has 7 rings (SSSR count). The predicted octanol–water partition coefficient (Wildman–Crippen LogP) is 6.17. The van der Waals surface area contributed by atoms with Crippen LogP contribution in [0.5, 0.6) is 0 Å². The standard InChI is InChI=1S/C24H12NO.C6H5NO2.Ir/c26-24-17-7-2-1-6-16(17)23-18(8-4-9-19(23)24)21-13-15-12-11-14-5-3-10-20(25-21)22(14)15;8-6(9)5-3-1-2-4-7-5;/h1-7,9-13H;1-4H,(H,8,9);/q-1;;. The topological polar surface area (TPSA) is 80.1 Å². The third-order valence-corrected chi connectivity index (χ3v) is 6.16. The summed E-state index contributed by atoms with van der Waals surface area (Å²) in [6.45, 7) is 0. The maximum atomic E-state index is 12.8. The van der Waals surface area contributed by atoms with E-state index < -0.39 is 5.97 Å². The molecule has 2 heterocycles. The Hall–Kier alpha value is -4.25. The molecule has 175 valence electrons. The van der Waals surface area contributed by atoms with E-state index in [1.54, 1.807) is 12.1 Å². The van der Waals surface area contributed by atoms with Crippen LogP contribution in [-0.2, 0) is 20.1 Å². The van der Waals surface area contributed by atoms with E-state index in [0.29, 0.717) is 0 Å². The Morgan fingerprint density at radius 2 is 1.61 bits per heavy atom. The number of benzene rings is 3. The first-order valence-corrected chi connectivity index (χ1v) is 11.1. The van der Waals surface area contributed by atoms with Crippen molar-refractivity contribution in [3.63, 3.8) is 0 Å². The van der Waals surface area contributed by atoms with Gasteiger partial charge in [-0.25, -0.2) is 9.78 Å². The van der Waals surface area contributed by atoms with Crippen LogP contribution in [0, 0.1) is 6.07 Å². The van der Waals surface area contributed by atoms with Crippen molar-refractivity contribution in [2.24, 2.45) is 0 Å². The number of carbonyl (C=O) groups excluding carboxylic acids is 1. The van der Waals surface area contributed by atoms with Gasteiger partial charge in [-0.05, 0) is 40.6 Å². The summed E-state index contributed by atoms with van der Waals surface area (Å²) in [5.41, 5.74) is 8.61. The number of hydrogen-bond acceptors (Lipinski definition) is 4. The van der Waals surface area contributed by atoms with Crippen molar-refractivity contribution in [3.05, 3.63) is 119 Å². The minimum atomic E-state index is -0.990. The van der Waals surface area contributed by atoms with Gasteiger partial charge in [0, 0.05) is 37.3 Å². The molecule has 2 aromatic heterocycles. The third-order valence-electron chi connectivity index (χ3n) is 6.16. The fourth-order valence-corrected chi connectivity index (χ4v) is 4.63. The Morgan fingerprint density at radius 3 is 2.36 bits per heavy atom. The zero-order chi connectivity index (χ0) is 23.9. The molecule has 0 atom stereocenters. The Bertz CT molecular complexity index is 1690. The van der Waals surface area contributed by atoms with E-state index in [-0.39, 0.29) is 31.6 Å². The molecule has 2 aliphatic rings. The number of hydrogen-bond donors (Lipinski definition) is 1. The number of nitrogens with zero attached hydrogens (tertiary/aromatic N) is 2. The van der Waals surface area contributed by atoms with Gasteiger partial charge in [-0.3, -0.25) is 9.78 Å². The number of fused-ring (bicyclic) bond motifs is 3. The molecule has 0 aliphatic heterocycles. The number of ketones is 1. The van der Waals surface area contributed by atoms with Gasteiger partial charge in [-0.2, -0.15) is 0 Å². The van der Waals surface area contributed by atoms with Crippen molar-refractivity contribution in [1.82, 2.24) is 9.97 Å². The zero-order valence-electron chi connectivity index (χ0n) is 18.7. The van der Waals surface area contributed by atoms with Crippen molar-refractivity contribution in [2.45, 2.75) is 0 Å².